The summed E-state index contributed by atoms with van der Waals surface area (Å²) in [6, 6.07) is 0. The van der Waals surface area contributed by atoms with E-state index in [4.69, 9.17) is 4.74 Å². The molecule has 1 heterocycles. The minimum absolute atomic E-state index is 0.800. The van der Waals surface area contributed by atoms with Gasteiger partial charge in [0.1, 0.15) is 0 Å². The average molecular weight is 265 g/mol. The van der Waals surface area contributed by atoms with Gasteiger partial charge in [0.25, 0.3) is 0 Å². The predicted octanol–water partition coefficient (Wildman–Crippen LogP) is 3.16. The van der Waals surface area contributed by atoms with Crippen molar-refractivity contribution in [2.24, 2.45) is 11.8 Å². The molecule has 1 aliphatic rings. The summed E-state index contributed by atoms with van der Waals surface area (Å²) < 4.78 is 7.33. The Morgan fingerprint density at radius 1 is 1.37 bits per heavy atom. The van der Waals surface area contributed by atoms with Gasteiger partial charge in [0, 0.05) is 39.2 Å². The first kappa shape index (κ1) is 14.4. The lowest BCUT2D eigenvalue weighted by molar-refractivity contribution is 0.197. The summed E-state index contributed by atoms with van der Waals surface area (Å²) in [6.45, 7) is 5.20. The normalized spacial score (nSPS) is 23.5. The van der Waals surface area contributed by atoms with Crippen molar-refractivity contribution in [3.63, 3.8) is 0 Å². The highest BCUT2D eigenvalue weighted by molar-refractivity contribution is 5.25. The molecular formula is C15H27N3O. The van der Waals surface area contributed by atoms with E-state index in [0.29, 0.717) is 0 Å². The highest BCUT2D eigenvalue weighted by Crippen LogP contribution is 2.29. The summed E-state index contributed by atoms with van der Waals surface area (Å²) in [7, 11) is 1.74. The van der Waals surface area contributed by atoms with Gasteiger partial charge < -0.3 is 14.6 Å². The molecule has 0 radical (unpaired) electrons. The standard InChI is InChI=1S/C15H27N3O/c1-13-4-6-14(7-5-13)12-18-10-9-17-15(18)16-8-3-11-19-2/h9-10,13-14H,3-8,11-12H2,1-2H3,(H,16,17). The molecule has 0 aromatic carbocycles. The van der Waals surface area contributed by atoms with E-state index in [-0.39, 0.29) is 0 Å². The number of hydrogen-bond acceptors (Lipinski definition) is 3. The highest BCUT2D eigenvalue weighted by Gasteiger charge is 2.19. The Morgan fingerprint density at radius 2 is 2.16 bits per heavy atom. The maximum absolute atomic E-state index is 5.06. The third kappa shape index (κ3) is 4.53. The minimum Gasteiger partial charge on any atom is -0.385 e. The Balaban J connectivity index is 1.78. The first-order valence-electron chi connectivity index (χ1n) is 7.53. The predicted molar refractivity (Wildman–Crippen MR) is 78.3 cm³/mol. The molecule has 0 bridgehead atoms. The highest BCUT2D eigenvalue weighted by atomic mass is 16.5. The molecule has 4 heteroatoms. The van der Waals surface area contributed by atoms with Gasteiger partial charge in [-0.3, -0.25) is 0 Å². The number of aromatic nitrogens is 2. The van der Waals surface area contributed by atoms with Crippen LogP contribution in [0.15, 0.2) is 12.4 Å². The van der Waals surface area contributed by atoms with E-state index in [2.05, 4.69) is 28.0 Å². The van der Waals surface area contributed by atoms with Crippen LogP contribution in [0.1, 0.15) is 39.0 Å². The summed E-state index contributed by atoms with van der Waals surface area (Å²) in [5, 5.41) is 3.40. The fourth-order valence-electron chi connectivity index (χ4n) is 2.83. The van der Waals surface area contributed by atoms with Crippen LogP contribution in [0.25, 0.3) is 0 Å². The Morgan fingerprint density at radius 3 is 2.89 bits per heavy atom. The molecule has 19 heavy (non-hydrogen) atoms. The van der Waals surface area contributed by atoms with Gasteiger partial charge in [0.2, 0.25) is 5.95 Å². The van der Waals surface area contributed by atoms with Gasteiger partial charge in [-0.1, -0.05) is 19.8 Å². The summed E-state index contributed by atoms with van der Waals surface area (Å²) in [5.41, 5.74) is 0. The third-order valence-electron chi connectivity index (χ3n) is 4.11. The molecule has 1 aliphatic carbocycles. The molecule has 0 amide bonds. The molecule has 0 saturated heterocycles. The van der Waals surface area contributed by atoms with Crippen LogP contribution in [0, 0.1) is 11.8 Å². The van der Waals surface area contributed by atoms with E-state index in [1.165, 1.54) is 25.7 Å². The largest absolute Gasteiger partial charge is 0.385 e. The summed E-state index contributed by atoms with van der Waals surface area (Å²) in [4.78, 5) is 4.41. The quantitative estimate of drug-likeness (QED) is 0.770. The van der Waals surface area contributed by atoms with Crippen LogP contribution >= 0.6 is 0 Å². The van der Waals surface area contributed by atoms with Crippen molar-refractivity contribution < 1.29 is 4.74 Å². The van der Waals surface area contributed by atoms with E-state index in [0.717, 1.165) is 43.9 Å². The number of anilines is 1. The molecule has 0 spiro atoms. The van der Waals surface area contributed by atoms with Crippen molar-refractivity contribution in [1.82, 2.24) is 9.55 Å². The number of rotatable bonds is 7. The molecular weight excluding hydrogens is 238 g/mol. The Hall–Kier alpha value is -1.03. The Labute approximate surface area is 116 Å². The molecule has 1 aromatic rings. The van der Waals surface area contributed by atoms with Crippen LogP contribution in [0.4, 0.5) is 5.95 Å². The summed E-state index contributed by atoms with van der Waals surface area (Å²) >= 11 is 0. The van der Waals surface area contributed by atoms with Gasteiger partial charge in [-0.15, -0.1) is 0 Å². The van der Waals surface area contributed by atoms with Crippen molar-refractivity contribution in [3.05, 3.63) is 12.4 Å². The van der Waals surface area contributed by atoms with Crippen LogP contribution in [-0.4, -0.2) is 29.8 Å². The second-order valence-corrected chi connectivity index (χ2v) is 5.80. The molecule has 1 fully saturated rings. The second-order valence-electron chi connectivity index (χ2n) is 5.80. The van der Waals surface area contributed by atoms with E-state index in [1.807, 2.05) is 6.20 Å². The van der Waals surface area contributed by atoms with E-state index in [9.17, 15) is 0 Å². The monoisotopic (exact) mass is 265 g/mol. The van der Waals surface area contributed by atoms with Gasteiger partial charge in [-0.05, 0) is 31.1 Å². The van der Waals surface area contributed by atoms with Crippen LogP contribution in [-0.2, 0) is 11.3 Å². The SMILES string of the molecule is COCCCNc1nccn1CC1CCC(C)CC1. The fraction of sp³-hybridized carbons (Fsp3) is 0.800. The molecule has 0 atom stereocenters. The van der Waals surface area contributed by atoms with Crippen molar-refractivity contribution >= 4 is 5.95 Å². The first-order chi connectivity index (χ1) is 9.29. The maximum Gasteiger partial charge on any atom is 0.202 e. The van der Waals surface area contributed by atoms with E-state index >= 15 is 0 Å². The van der Waals surface area contributed by atoms with Crippen LogP contribution < -0.4 is 5.32 Å². The van der Waals surface area contributed by atoms with Crippen molar-refractivity contribution in [1.29, 1.82) is 0 Å². The minimum atomic E-state index is 0.800. The molecule has 0 unspecified atom stereocenters. The number of nitrogens with one attached hydrogen (secondary N) is 1. The number of ether oxygens (including phenoxy) is 1. The van der Waals surface area contributed by atoms with Crippen molar-refractivity contribution in [3.8, 4) is 0 Å². The average Bonchev–Trinajstić information content (AvgIpc) is 2.85. The zero-order chi connectivity index (χ0) is 13.5. The number of nitrogens with zero attached hydrogens (tertiary/aromatic N) is 2. The van der Waals surface area contributed by atoms with Crippen LogP contribution in [0.2, 0.25) is 0 Å². The van der Waals surface area contributed by atoms with Gasteiger partial charge in [0.15, 0.2) is 0 Å². The molecule has 1 aromatic heterocycles. The van der Waals surface area contributed by atoms with Gasteiger partial charge in [-0.25, -0.2) is 4.98 Å². The Kier molecular flexibility index (Phi) is 5.70. The third-order valence-corrected chi connectivity index (χ3v) is 4.11. The number of methoxy groups -OCH3 is 1. The van der Waals surface area contributed by atoms with Crippen LogP contribution in [0.3, 0.4) is 0 Å². The van der Waals surface area contributed by atoms with Crippen molar-refractivity contribution in [2.75, 3.05) is 25.6 Å². The van der Waals surface area contributed by atoms with Crippen LogP contribution in [0.5, 0.6) is 0 Å². The summed E-state index contributed by atoms with van der Waals surface area (Å²) in [5.74, 6) is 2.75. The molecule has 108 valence electrons. The zero-order valence-corrected chi connectivity index (χ0v) is 12.3. The topological polar surface area (TPSA) is 39.1 Å². The molecule has 1 N–H and O–H groups in total. The number of imidazole rings is 1. The fourth-order valence-corrected chi connectivity index (χ4v) is 2.83. The van der Waals surface area contributed by atoms with E-state index in [1.54, 1.807) is 7.11 Å². The summed E-state index contributed by atoms with van der Waals surface area (Å²) in [6.07, 6.45) is 10.5. The lowest BCUT2D eigenvalue weighted by Crippen LogP contribution is -2.19. The maximum atomic E-state index is 5.06. The van der Waals surface area contributed by atoms with Gasteiger partial charge >= 0.3 is 0 Å². The van der Waals surface area contributed by atoms with Gasteiger partial charge in [0.05, 0.1) is 0 Å². The van der Waals surface area contributed by atoms with E-state index < -0.39 is 0 Å². The molecule has 4 nitrogen and oxygen atoms in total. The van der Waals surface area contributed by atoms with Gasteiger partial charge in [-0.2, -0.15) is 0 Å². The lowest BCUT2D eigenvalue weighted by atomic mass is 9.83. The zero-order valence-electron chi connectivity index (χ0n) is 12.3. The lowest BCUT2D eigenvalue weighted by Gasteiger charge is -2.26. The smallest absolute Gasteiger partial charge is 0.202 e. The second kappa shape index (κ2) is 7.53. The number of hydrogen-bond donors (Lipinski definition) is 1. The Bertz CT molecular complexity index is 356. The molecule has 1 saturated carbocycles. The molecule has 2 rings (SSSR count). The first-order valence-corrected chi connectivity index (χ1v) is 7.53. The molecule has 0 aliphatic heterocycles. The van der Waals surface area contributed by atoms with Crippen molar-refractivity contribution in [2.45, 2.75) is 45.6 Å².